The molecule has 0 aliphatic carbocycles. The molecule has 12 rings (SSSR count). The quantitative estimate of drug-likeness (QED) is 0.152. The molecule has 1 heterocycles. The maximum atomic E-state index is 2.42. The zero-order chi connectivity index (χ0) is 39.6. The summed E-state index contributed by atoms with van der Waals surface area (Å²) < 4.78 is 2.64. The number of thiophene rings is 1. The van der Waals surface area contributed by atoms with E-state index in [4.69, 9.17) is 0 Å². The van der Waals surface area contributed by atoms with Crippen LogP contribution in [0.1, 0.15) is 0 Å². The average molecular weight is 780 g/mol. The Kier molecular flexibility index (Phi) is 8.11. The Morgan fingerprint density at radius 1 is 0.267 bits per heavy atom. The van der Waals surface area contributed by atoms with Crippen LogP contribution < -0.4 is 4.90 Å². The Hall–Kier alpha value is -7.52. The maximum absolute atomic E-state index is 2.42. The van der Waals surface area contributed by atoms with Gasteiger partial charge in [-0.15, -0.1) is 11.3 Å². The topological polar surface area (TPSA) is 3.24 Å². The predicted molar refractivity (Wildman–Crippen MR) is 260 cm³/mol. The lowest BCUT2D eigenvalue weighted by molar-refractivity contribution is 1.29. The summed E-state index contributed by atoms with van der Waals surface area (Å²) in [4.78, 5) is 2.42. The van der Waals surface area contributed by atoms with Crippen LogP contribution in [0.15, 0.2) is 224 Å². The molecule has 12 aromatic rings. The normalized spacial score (nSPS) is 11.7. The molecule has 0 amide bonds. The SMILES string of the molecule is c1cc(-c2cccc(N(c3ccc(-c4cccc5sc6ccccc6c45)cc3)c3ccc4c5ccccc5c5ccccc5c4c3)c2)cc(-c2cccc3ccccc23)c1. The van der Waals surface area contributed by atoms with Gasteiger partial charge in [0.25, 0.3) is 0 Å². The lowest BCUT2D eigenvalue weighted by Gasteiger charge is -2.27. The molecule has 0 bridgehead atoms. The van der Waals surface area contributed by atoms with Gasteiger partial charge in [-0.25, -0.2) is 0 Å². The highest BCUT2D eigenvalue weighted by molar-refractivity contribution is 7.25. The predicted octanol–water partition coefficient (Wildman–Crippen LogP) is 17.1. The van der Waals surface area contributed by atoms with Crippen LogP contribution in [0.4, 0.5) is 17.1 Å². The number of anilines is 3. The van der Waals surface area contributed by atoms with E-state index in [2.05, 4.69) is 229 Å². The van der Waals surface area contributed by atoms with Crippen LogP contribution in [0.2, 0.25) is 0 Å². The molecule has 0 saturated carbocycles. The molecule has 1 aromatic heterocycles. The molecule has 280 valence electrons. The third kappa shape index (κ3) is 5.68. The van der Waals surface area contributed by atoms with Crippen molar-refractivity contribution in [2.75, 3.05) is 4.90 Å². The van der Waals surface area contributed by atoms with Crippen LogP contribution in [0, 0.1) is 0 Å². The van der Waals surface area contributed by atoms with Crippen molar-refractivity contribution in [3.63, 3.8) is 0 Å². The number of fused-ring (bicyclic) bond motifs is 10. The van der Waals surface area contributed by atoms with Crippen LogP contribution in [0.5, 0.6) is 0 Å². The molecular weight excluding hydrogens is 743 g/mol. The first kappa shape index (κ1) is 34.5. The summed E-state index contributed by atoms with van der Waals surface area (Å²) in [6.45, 7) is 0. The van der Waals surface area contributed by atoms with Crippen LogP contribution in [-0.2, 0) is 0 Å². The average Bonchev–Trinajstić information content (AvgIpc) is 3.71. The number of hydrogen-bond donors (Lipinski definition) is 0. The summed E-state index contributed by atoms with van der Waals surface area (Å²) in [6, 6.07) is 82.5. The fourth-order valence-corrected chi connectivity index (χ4v) is 10.6. The van der Waals surface area contributed by atoms with Gasteiger partial charge in [-0.2, -0.15) is 0 Å². The smallest absolute Gasteiger partial charge is 0.0468 e. The van der Waals surface area contributed by atoms with Gasteiger partial charge in [-0.1, -0.05) is 170 Å². The van der Waals surface area contributed by atoms with Gasteiger partial charge in [0, 0.05) is 37.2 Å². The van der Waals surface area contributed by atoms with Crippen LogP contribution >= 0.6 is 11.3 Å². The highest BCUT2D eigenvalue weighted by atomic mass is 32.1. The van der Waals surface area contributed by atoms with E-state index in [0.29, 0.717) is 0 Å². The summed E-state index contributed by atoms with van der Waals surface area (Å²) in [6.07, 6.45) is 0. The number of nitrogens with zero attached hydrogens (tertiary/aromatic N) is 1. The lowest BCUT2D eigenvalue weighted by Crippen LogP contribution is -2.10. The minimum Gasteiger partial charge on any atom is -0.310 e. The van der Waals surface area contributed by atoms with Crippen molar-refractivity contribution in [3.8, 4) is 33.4 Å². The Morgan fingerprint density at radius 3 is 1.57 bits per heavy atom. The van der Waals surface area contributed by atoms with Gasteiger partial charge in [0.1, 0.15) is 0 Å². The molecule has 0 aliphatic heterocycles. The molecule has 11 aromatic carbocycles. The Bertz CT molecular complexity index is 3570. The molecule has 0 radical (unpaired) electrons. The highest BCUT2D eigenvalue weighted by Gasteiger charge is 2.18. The van der Waals surface area contributed by atoms with Gasteiger partial charge >= 0.3 is 0 Å². The molecule has 60 heavy (non-hydrogen) atoms. The van der Waals surface area contributed by atoms with Gasteiger partial charge in [0.15, 0.2) is 0 Å². The summed E-state index contributed by atoms with van der Waals surface area (Å²) >= 11 is 1.87. The van der Waals surface area contributed by atoms with E-state index in [9.17, 15) is 0 Å². The molecule has 0 fully saturated rings. The van der Waals surface area contributed by atoms with E-state index in [1.165, 1.54) is 96.6 Å². The molecule has 1 nitrogen and oxygen atoms in total. The van der Waals surface area contributed by atoms with Crippen molar-refractivity contribution >= 4 is 91.7 Å². The minimum absolute atomic E-state index is 1.10. The van der Waals surface area contributed by atoms with E-state index in [1.54, 1.807) is 0 Å². The van der Waals surface area contributed by atoms with Crippen molar-refractivity contribution in [3.05, 3.63) is 224 Å². The van der Waals surface area contributed by atoms with Crippen molar-refractivity contribution in [1.82, 2.24) is 0 Å². The number of rotatable bonds is 6. The van der Waals surface area contributed by atoms with E-state index in [1.807, 2.05) is 11.3 Å². The third-order valence-electron chi connectivity index (χ3n) is 12.2. The summed E-state index contributed by atoms with van der Waals surface area (Å²) in [5.41, 5.74) is 10.6. The first-order chi connectivity index (χ1) is 29.7. The second-order valence-corrected chi connectivity index (χ2v) is 16.7. The summed E-state index contributed by atoms with van der Waals surface area (Å²) in [5, 5.41) is 12.8. The Balaban J connectivity index is 1.03. The molecule has 0 atom stereocenters. The van der Waals surface area contributed by atoms with Crippen molar-refractivity contribution in [2.24, 2.45) is 0 Å². The molecule has 0 N–H and O–H groups in total. The lowest BCUT2D eigenvalue weighted by atomic mass is 9.93. The van der Waals surface area contributed by atoms with Crippen molar-refractivity contribution < 1.29 is 0 Å². The van der Waals surface area contributed by atoms with Gasteiger partial charge < -0.3 is 4.90 Å². The molecular formula is C58H37NS. The van der Waals surface area contributed by atoms with Gasteiger partial charge in [-0.05, 0) is 131 Å². The molecule has 0 spiro atoms. The second-order valence-electron chi connectivity index (χ2n) is 15.6. The minimum atomic E-state index is 1.10. The van der Waals surface area contributed by atoms with E-state index in [0.717, 1.165) is 17.1 Å². The first-order valence-electron chi connectivity index (χ1n) is 20.6. The fourth-order valence-electron chi connectivity index (χ4n) is 9.46. The summed E-state index contributed by atoms with van der Waals surface area (Å²) in [5.74, 6) is 0. The monoisotopic (exact) mass is 779 g/mol. The molecule has 2 heteroatoms. The van der Waals surface area contributed by atoms with Crippen LogP contribution in [0.3, 0.4) is 0 Å². The van der Waals surface area contributed by atoms with E-state index in [-0.39, 0.29) is 0 Å². The van der Waals surface area contributed by atoms with Crippen molar-refractivity contribution in [1.29, 1.82) is 0 Å². The first-order valence-corrected chi connectivity index (χ1v) is 21.4. The number of benzene rings is 11. The third-order valence-corrected chi connectivity index (χ3v) is 13.4. The second kappa shape index (κ2) is 14.1. The molecule has 0 aliphatic rings. The molecule has 0 unspecified atom stereocenters. The van der Waals surface area contributed by atoms with Gasteiger partial charge in [0.2, 0.25) is 0 Å². The summed E-state index contributed by atoms with van der Waals surface area (Å²) in [7, 11) is 0. The molecule has 0 saturated heterocycles. The van der Waals surface area contributed by atoms with Crippen molar-refractivity contribution in [2.45, 2.75) is 0 Å². The Morgan fingerprint density at radius 2 is 0.783 bits per heavy atom. The maximum Gasteiger partial charge on any atom is 0.0468 e. The van der Waals surface area contributed by atoms with E-state index >= 15 is 0 Å². The Labute approximate surface area is 352 Å². The zero-order valence-corrected chi connectivity index (χ0v) is 33.5. The zero-order valence-electron chi connectivity index (χ0n) is 32.7. The highest BCUT2D eigenvalue weighted by Crippen LogP contribution is 2.44. The fraction of sp³-hybridized carbons (Fsp3) is 0. The largest absolute Gasteiger partial charge is 0.310 e. The van der Waals surface area contributed by atoms with Gasteiger partial charge in [0.05, 0.1) is 0 Å². The standard InChI is InChI=1S/C58H37NS/c1-2-19-46-38(13-1)14-11-25-47(46)42-17-9-15-40(35-42)41-16-10-18-44(36-41)59(45-33-34-53-51-22-4-3-20-49(51)50-21-5-6-23-52(50)55(53)37-45)43-31-29-39(30-32-43)48-26-12-28-57-58(48)54-24-7-8-27-56(54)60-57/h1-37H. The van der Waals surface area contributed by atoms with Crippen LogP contribution in [0.25, 0.3) is 96.6 Å². The van der Waals surface area contributed by atoms with Gasteiger partial charge in [-0.3, -0.25) is 0 Å². The van der Waals surface area contributed by atoms with E-state index < -0.39 is 0 Å². The van der Waals surface area contributed by atoms with Crippen LogP contribution in [-0.4, -0.2) is 0 Å². The number of hydrogen-bond acceptors (Lipinski definition) is 2.